The van der Waals surface area contributed by atoms with Gasteiger partial charge in [-0.05, 0) is 31.1 Å². The number of hydrogen-bond acceptors (Lipinski definition) is 2. The van der Waals surface area contributed by atoms with Crippen LogP contribution in [0.15, 0.2) is 0 Å². The largest absolute Gasteiger partial charge is 0.390 e. The van der Waals surface area contributed by atoms with Crippen molar-refractivity contribution in [3.8, 4) is 0 Å². The van der Waals surface area contributed by atoms with Gasteiger partial charge in [0.2, 0.25) is 0 Å². The summed E-state index contributed by atoms with van der Waals surface area (Å²) >= 11 is 0. The molecule has 0 aromatic rings. The summed E-state index contributed by atoms with van der Waals surface area (Å²) in [5.41, 5.74) is 0. The third-order valence-corrected chi connectivity index (χ3v) is 2.83. The summed E-state index contributed by atoms with van der Waals surface area (Å²) in [4.78, 5) is 0. The minimum absolute atomic E-state index is 0.399. The van der Waals surface area contributed by atoms with Crippen LogP contribution in [0.4, 0.5) is 0 Å². The normalized spacial score (nSPS) is 56.7. The van der Waals surface area contributed by atoms with Crippen LogP contribution in [-0.2, 0) is 0 Å². The molecule has 3 unspecified atom stereocenters. The Morgan fingerprint density at radius 1 is 0.889 bits per heavy atom. The molecule has 2 nitrogen and oxygen atoms in total. The number of hydrogen-bond donors (Lipinski definition) is 2. The summed E-state index contributed by atoms with van der Waals surface area (Å²) in [6.07, 6.45) is 2.51. The molecule has 2 fully saturated rings. The second-order valence-electron chi connectivity index (χ2n) is 3.31. The van der Waals surface area contributed by atoms with E-state index < -0.39 is 12.2 Å². The minimum Gasteiger partial charge on any atom is -0.390 e. The van der Waals surface area contributed by atoms with Gasteiger partial charge in [0.05, 0.1) is 12.2 Å². The van der Waals surface area contributed by atoms with Crippen LogP contribution in [0.3, 0.4) is 0 Å². The zero-order valence-electron chi connectivity index (χ0n) is 5.33. The van der Waals surface area contributed by atoms with E-state index in [0.29, 0.717) is 11.8 Å². The lowest BCUT2D eigenvalue weighted by atomic mass is 9.95. The van der Waals surface area contributed by atoms with E-state index in [1.54, 1.807) is 0 Å². The molecule has 0 aromatic carbocycles. The van der Waals surface area contributed by atoms with E-state index in [2.05, 4.69) is 0 Å². The monoisotopic (exact) mass is 128 g/mol. The van der Waals surface area contributed by atoms with Crippen molar-refractivity contribution in [1.29, 1.82) is 0 Å². The van der Waals surface area contributed by atoms with Gasteiger partial charge in [0.25, 0.3) is 0 Å². The van der Waals surface area contributed by atoms with Crippen molar-refractivity contribution in [3.63, 3.8) is 0 Å². The van der Waals surface area contributed by atoms with Crippen LogP contribution < -0.4 is 0 Å². The summed E-state index contributed by atoms with van der Waals surface area (Å²) in [6, 6.07) is 0. The van der Waals surface area contributed by atoms with Crippen molar-refractivity contribution in [1.82, 2.24) is 0 Å². The Morgan fingerprint density at radius 2 is 1.33 bits per heavy atom. The van der Waals surface area contributed by atoms with Crippen LogP contribution in [0, 0.1) is 11.8 Å². The molecule has 52 valence electrons. The second kappa shape index (κ2) is 1.70. The highest BCUT2D eigenvalue weighted by Crippen LogP contribution is 2.44. The molecule has 0 radical (unpaired) electrons. The summed E-state index contributed by atoms with van der Waals surface area (Å²) in [6.45, 7) is 0. The molecular formula is C7H12O2. The molecule has 0 amide bonds. The van der Waals surface area contributed by atoms with E-state index in [1.807, 2.05) is 0 Å². The average Bonchev–Trinajstić information content (AvgIpc) is 2.37. The van der Waals surface area contributed by atoms with Crippen molar-refractivity contribution < 1.29 is 10.2 Å². The zero-order valence-corrected chi connectivity index (χ0v) is 5.33. The maximum atomic E-state index is 9.24. The summed E-state index contributed by atoms with van der Waals surface area (Å²) < 4.78 is 0. The lowest BCUT2D eigenvalue weighted by Crippen LogP contribution is -2.31. The standard InChI is InChI=1S/C7H12O2/c8-6-4-1-2-5(3-4)7(6)9/h4-9H,1-3H2/t4-,5?,6?,7?/m0/s1. The van der Waals surface area contributed by atoms with E-state index >= 15 is 0 Å². The van der Waals surface area contributed by atoms with Crippen LogP contribution >= 0.6 is 0 Å². The van der Waals surface area contributed by atoms with Crippen LogP contribution in [0.1, 0.15) is 19.3 Å². The van der Waals surface area contributed by atoms with Crippen LogP contribution in [0.25, 0.3) is 0 Å². The number of fused-ring (bicyclic) bond motifs is 2. The number of aliphatic hydroxyl groups excluding tert-OH is 2. The fraction of sp³-hybridized carbons (Fsp3) is 1.00. The molecule has 2 N–H and O–H groups in total. The fourth-order valence-electron chi connectivity index (χ4n) is 2.23. The van der Waals surface area contributed by atoms with Crippen LogP contribution in [-0.4, -0.2) is 22.4 Å². The molecule has 0 aromatic heterocycles. The average molecular weight is 128 g/mol. The van der Waals surface area contributed by atoms with Crippen LogP contribution in [0.5, 0.6) is 0 Å². The molecule has 0 aliphatic heterocycles. The Labute approximate surface area is 54.5 Å². The molecule has 2 bridgehead atoms. The van der Waals surface area contributed by atoms with Crippen LogP contribution in [0.2, 0.25) is 0 Å². The Kier molecular flexibility index (Phi) is 1.08. The lowest BCUT2D eigenvalue weighted by molar-refractivity contribution is -0.0160. The van der Waals surface area contributed by atoms with E-state index in [0.717, 1.165) is 19.3 Å². The molecule has 0 spiro atoms. The van der Waals surface area contributed by atoms with Gasteiger partial charge in [-0.25, -0.2) is 0 Å². The molecule has 2 rings (SSSR count). The van der Waals surface area contributed by atoms with E-state index in [-0.39, 0.29) is 0 Å². The third-order valence-electron chi connectivity index (χ3n) is 2.83. The highest BCUT2D eigenvalue weighted by atomic mass is 16.3. The predicted octanol–water partition coefficient (Wildman–Crippen LogP) is 0.138. The SMILES string of the molecule is OC1C2CC[C@@H](C2)C1O. The summed E-state index contributed by atoms with van der Waals surface area (Å²) in [5.74, 6) is 0.843. The van der Waals surface area contributed by atoms with Gasteiger partial charge in [-0.1, -0.05) is 0 Å². The molecular weight excluding hydrogens is 116 g/mol. The summed E-state index contributed by atoms with van der Waals surface area (Å²) in [5, 5.41) is 18.5. The zero-order chi connectivity index (χ0) is 6.43. The van der Waals surface area contributed by atoms with Gasteiger partial charge in [0, 0.05) is 0 Å². The molecule has 9 heavy (non-hydrogen) atoms. The molecule has 2 aliphatic rings. The molecule has 2 heteroatoms. The van der Waals surface area contributed by atoms with Crippen molar-refractivity contribution in [3.05, 3.63) is 0 Å². The first-order valence-electron chi connectivity index (χ1n) is 3.65. The molecule has 0 saturated heterocycles. The van der Waals surface area contributed by atoms with Crippen molar-refractivity contribution >= 4 is 0 Å². The quantitative estimate of drug-likeness (QED) is 0.487. The third kappa shape index (κ3) is 0.634. The Morgan fingerprint density at radius 3 is 1.56 bits per heavy atom. The Balaban J connectivity index is 2.15. The lowest BCUT2D eigenvalue weighted by Gasteiger charge is -2.21. The molecule has 4 atom stereocenters. The van der Waals surface area contributed by atoms with Gasteiger partial charge in [0.15, 0.2) is 0 Å². The highest BCUT2D eigenvalue weighted by molar-refractivity contribution is 4.96. The van der Waals surface area contributed by atoms with Gasteiger partial charge in [-0.3, -0.25) is 0 Å². The predicted molar refractivity (Wildman–Crippen MR) is 32.8 cm³/mol. The maximum absolute atomic E-state index is 9.24. The van der Waals surface area contributed by atoms with Gasteiger partial charge < -0.3 is 10.2 Å². The van der Waals surface area contributed by atoms with Crippen molar-refractivity contribution in [2.45, 2.75) is 31.5 Å². The number of rotatable bonds is 0. The second-order valence-corrected chi connectivity index (χ2v) is 3.31. The first-order chi connectivity index (χ1) is 4.29. The van der Waals surface area contributed by atoms with E-state index in [1.165, 1.54) is 0 Å². The fourth-order valence-corrected chi connectivity index (χ4v) is 2.23. The van der Waals surface area contributed by atoms with Gasteiger partial charge in [-0.15, -0.1) is 0 Å². The Hall–Kier alpha value is -0.0800. The molecule has 2 saturated carbocycles. The Bertz CT molecular complexity index is 106. The first-order valence-corrected chi connectivity index (χ1v) is 3.65. The smallest absolute Gasteiger partial charge is 0.0830 e. The molecule has 0 heterocycles. The number of aliphatic hydroxyl groups is 2. The van der Waals surface area contributed by atoms with E-state index in [4.69, 9.17) is 0 Å². The van der Waals surface area contributed by atoms with Crippen molar-refractivity contribution in [2.75, 3.05) is 0 Å². The van der Waals surface area contributed by atoms with Gasteiger partial charge >= 0.3 is 0 Å². The van der Waals surface area contributed by atoms with E-state index in [9.17, 15) is 10.2 Å². The minimum atomic E-state index is -0.399. The highest BCUT2D eigenvalue weighted by Gasteiger charge is 2.45. The van der Waals surface area contributed by atoms with Crippen molar-refractivity contribution in [2.24, 2.45) is 11.8 Å². The molecule has 2 aliphatic carbocycles. The topological polar surface area (TPSA) is 40.5 Å². The van der Waals surface area contributed by atoms with Gasteiger partial charge in [0.1, 0.15) is 0 Å². The summed E-state index contributed by atoms with van der Waals surface area (Å²) in [7, 11) is 0. The van der Waals surface area contributed by atoms with Gasteiger partial charge in [-0.2, -0.15) is 0 Å². The first kappa shape index (κ1) is 5.69. The maximum Gasteiger partial charge on any atom is 0.0830 e.